The van der Waals surface area contributed by atoms with Gasteiger partial charge in [0.05, 0.1) is 12.6 Å². The average Bonchev–Trinajstić information content (AvgIpc) is 3.34. The van der Waals surface area contributed by atoms with Crippen molar-refractivity contribution in [2.24, 2.45) is 40.4 Å². The quantitative estimate of drug-likeness (QED) is 0.343. The van der Waals surface area contributed by atoms with E-state index in [9.17, 15) is 14.7 Å². The summed E-state index contributed by atoms with van der Waals surface area (Å²) in [7, 11) is 0. The standard InChI is InChI=1S/C37H54N2O3/c1-25(35(42)39(23-26-10-6-4-7-11-26)24-34(41)38-28-12-8-5-9-13-28)31-16-17-32-30-15-14-27-22-29(40)18-20-36(27,2)33(30)19-21-37(31,32)3/h4,6-7,10-11,14,25,28-33,40H,5,8-9,12-13,15-24H2,1-3H3,(H,38,41)/t25?,29-,30-,31+,32-,33-,36-,37+/m0/s1. The van der Waals surface area contributed by atoms with Gasteiger partial charge in [0.2, 0.25) is 11.8 Å². The van der Waals surface area contributed by atoms with Crippen molar-refractivity contribution in [3.63, 3.8) is 0 Å². The van der Waals surface area contributed by atoms with Crippen LogP contribution in [0.3, 0.4) is 0 Å². The lowest BCUT2D eigenvalue weighted by atomic mass is 9.47. The summed E-state index contributed by atoms with van der Waals surface area (Å²) in [5, 5.41) is 13.6. The second-order valence-electron chi connectivity index (χ2n) is 15.3. The number of rotatable bonds is 7. The van der Waals surface area contributed by atoms with Gasteiger partial charge in [-0.05, 0) is 104 Å². The highest BCUT2D eigenvalue weighted by molar-refractivity contribution is 5.86. The minimum Gasteiger partial charge on any atom is -0.393 e. The van der Waals surface area contributed by atoms with Crippen molar-refractivity contribution in [3.05, 3.63) is 47.5 Å². The molecule has 1 aromatic carbocycles. The van der Waals surface area contributed by atoms with E-state index >= 15 is 0 Å². The fourth-order valence-corrected chi connectivity index (χ4v) is 10.7. The molecule has 2 amide bonds. The molecule has 5 nitrogen and oxygen atoms in total. The molecule has 4 fully saturated rings. The molecule has 6 rings (SSSR count). The summed E-state index contributed by atoms with van der Waals surface area (Å²) in [6, 6.07) is 10.4. The Labute approximate surface area is 253 Å². The number of carbonyl (C=O) groups is 2. The Morgan fingerprint density at radius 1 is 0.976 bits per heavy atom. The fourth-order valence-electron chi connectivity index (χ4n) is 10.7. The molecule has 0 saturated heterocycles. The van der Waals surface area contributed by atoms with Gasteiger partial charge in [0.25, 0.3) is 0 Å². The highest BCUT2D eigenvalue weighted by Gasteiger charge is 2.59. The molecule has 1 aromatic rings. The van der Waals surface area contributed by atoms with Crippen LogP contribution in [-0.4, -0.2) is 40.5 Å². The van der Waals surface area contributed by atoms with Crippen molar-refractivity contribution in [2.75, 3.05) is 6.54 Å². The predicted molar refractivity (Wildman–Crippen MR) is 167 cm³/mol. The Balaban J connectivity index is 1.18. The third-order valence-corrected chi connectivity index (χ3v) is 13.0. The Hall–Kier alpha value is -2.14. The molecular formula is C37H54N2O3. The van der Waals surface area contributed by atoms with E-state index in [4.69, 9.17) is 0 Å². The summed E-state index contributed by atoms with van der Waals surface area (Å²) in [4.78, 5) is 29.4. The molecule has 0 spiro atoms. The maximum Gasteiger partial charge on any atom is 0.239 e. The highest BCUT2D eigenvalue weighted by Crippen LogP contribution is 2.67. The minimum absolute atomic E-state index is 0.00922. The first kappa shape index (κ1) is 29.9. The predicted octanol–water partition coefficient (Wildman–Crippen LogP) is 7.04. The van der Waals surface area contributed by atoms with Crippen molar-refractivity contribution < 1.29 is 14.7 Å². The SMILES string of the molecule is CC(C(=O)N(CC(=O)NC1CCCCC1)Cc1ccccc1)[C@H]1CC[C@H]2[C@@H]3CC=C4C[C@@H](O)CC[C@]4(C)[C@H]3CC[C@]12C. The second-order valence-corrected chi connectivity index (χ2v) is 15.3. The van der Waals surface area contributed by atoms with Crippen LogP contribution in [0, 0.1) is 40.4 Å². The van der Waals surface area contributed by atoms with E-state index in [1.54, 1.807) is 0 Å². The molecular weight excluding hydrogens is 520 g/mol. The number of nitrogens with one attached hydrogen (secondary N) is 1. The number of allylic oxidation sites excluding steroid dienone is 1. The zero-order valence-electron chi connectivity index (χ0n) is 26.3. The van der Waals surface area contributed by atoms with Gasteiger partial charge in [0.1, 0.15) is 0 Å². The van der Waals surface area contributed by atoms with Crippen LogP contribution in [0.15, 0.2) is 42.0 Å². The first-order chi connectivity index (χ1) is 20.2. The molecule has 0 radical (unpaired) electrons. The first-order valence-electron chi connectivity index (χ1n) is 17.2. The number of amides is 2. The second kappa shape index (κ2) is 12.1. The zero-order valence-corrected chi connectivity index (χ0v) is 26.3. The summed E-state index contributed by atoms with van der Waals surface area (Å²) >= 11 is 0. The van der Waals surface area contributed by atoms with Gasteiger partial charge >= 0.3 is 0 Å². The van der Waals surface area contributed by atoms with Crippen LogP contribution in [0.4, 0.5) is 0 Å². The molecule has 0 aliphatic heterocycles. The first-order valence-corrected chi connectivity index (χ1v) is 17.2. The Morgan fingerprint density at radius 3 is 2.50 bits per heavy atom. The van der Waals surface area contributed by atoms with Crippen molar-refractivity contribution >= 4 is 11.8 Å². The Bertz CT molecular complexity index is 1160. The third kappa shape index (κ3) is 5.60. The van der Waals surface area contributed by atoms with Gasteiger partial charge in [0, 0.05) is 18.5 Å². The van der Waals surface area contributed by atoms with E-state index in [-0.39, 0.29) is 47.3 Å². The van der Waals surface area contributed by atoms with Gasteiger partial charge in [-0.1, -0.05) is 82.0 Å². The van der Waals surface area contributed by atoms with E-state index in [2.05, 4.69) is 44.3 Å². The molecule has 0 bridgehead atoms. The Morgan fingerprint density at radius 2 is 1.74 bits per heavy atom. The van der Waals surface area contributed by atoms with E-state index in [0.717, 1.165) is 50.5 Å². The molecule has 0 aromatic heterocycles. The van der Waals surface area contributed by atoms with Crippen molar-refractivity contribution in [1.82, 2.24) is 10.2 Å². The minimum atomic E-state index is -0.166. The van der Waals surface area contributed by atoms with Crippen LogP contribution >= 0.6 is 0 Å². The number of benzene rings is 1. The smallest absolute Gasteiger partial charge is 0.239 e. The third-order valence-electron chi connectivity index (χ3n) is 13.0. The van der Waals surface area contributed by atoms with E-state index in [1.807, 2.05) is 23.1 Å². The van der Waals surface area contributed by atoms with E-state index < -0.39 is 0 Å². The van der Waals surface area contributed by atoms with E-state index in [1.165, 1.54) is 44.1 Å². The monoisotopic (exact) mass is 574 g/mol. The van der Waals surface area contributed by atoms with E-state index in [0.29, 0.717) is 30.2 Å². The van der Waals surface area contributed by atoms with Crippen molar-refractivity contribution in [2.45, 2.75) is 123 Å². The normalized spacial score (nSPS) is 37.0. The molecule has 5 heteroatoms. The highest BCUT2D eigenvalue weighted by atomic mass is 16.3. The molecule has 4 saturated carbocycles. The molecule has 230 valence electrons. The molecule has 42 heavy (non-hydrogen) atoms. The van der Waals surface area contributed by atoms with Gasteiger partial charge < -0.3 is 15.3 Å². The maximum absolute atomic E-state index is 14.3. The maximum atomic E-state index is 14.3. The summed E-state index contributed by atoms with van der Waals surface area (Å²) in [6.45, 7) is 7.77. The molecule has 1 unspecified atom stereocenters. The lowest BCUT2D eigenvalue weighted by Crippen LogP contribution is -2.52. The summed E-state index contributed by atoms with van der Waals surface area (Å²) in [5.74, 6) is 2.42. The van der Waals surface area contributed by atoms with Gasteiger partial charge in [-0.15, -0.1) is 0 Å². The lowest BCUT2D eigenvalue weighted by molar-refractivity contribution is -0.144. The van der Waals surface area contributed by atoms with Crippen LogP contribution in [0.25, 0.3) is 0 Å². The summed E-state index contributed by atoms with van der Waals surface area (Å²) < 4.78 is 0. The fraction of sp³-hybridized carbons (Fsp3) is 0.730. The van der Waals surface area contributed by atoms with Crippen LogP contribution in [-0.2, 0) is 16.1 Å². The number of nitrogens with zero attached hydrogens (tertiary/aromatic N) is 1. The van der Waals surface area contributed by atoms with Gasteiger partial charge in [-0.25, -0.2) is 0 Å². The van der Waals surface area contributed by atoms with Gasteiger partial charge in [-0.2, -0.15) is 0 Å². The van der Waals surface area contributed by atoms with Crippen LogP contribution in [0.1, 0.15) is 110 Å². The Kier molecular flexibility index (Phi) is 8.61. The number of hydrogen-bond acceptors (Lipinski definition) is 3. The van der Waals surface area contributed by atoms with Gasteiger partial charge in [0.15, 0.2) is 0 Å². The molecule has 5 aliphatic carbocycles. The summed E-state index contributed by atoms with van der Waals surface area (Å²) in [6.07, 6.45) is 16.8. The molecule has 0 heterocycles. The number of hydrogen-bond donors (Lipinski definition) is 2. The molecule has 8 atom stereocenters. The largest absolute Gasteiger partial charge is 0.393 e. The number of carbonyl (C=O) groups excluding carboxylic acids is 2. The van der Waals surface area contributed by atoms with Crippen LogP contribution in [0.5, 0.6) is 0 Å². The van der Waals surface area contributed by atoms with Crippen LogP contribution < -0.4 is 5.32 Å². The van der Waals surface area contributed by atoms with Crippen molar-refractivity contribution in [1.29, 1.82) is 0 Å². The topological polar surface area (TPSA) is 69.6 Å². The number of aliphatic hydroxyl groups excluding tert-OH is 1. The molecule has 2 N–H and O–H groups in total. The van der Waals surface area contributed by atoms with Crippen molar-refractivity contribution in [3.8, 4) is 0 Å². The number of aliphatic hydroxyl groups is 1. The summed E-state index contributed by atoms with van der Waals surface area (Å²) in [5.41, 5.74) is 3.00. The van der Waals surface area contributed by atoms with Gasteiger partial charge in [-0.3, -0.25) is 9.59 Å². The lowest BCUT2D eigenvalue weighted by Gasteiger charge is -2.58. The zero-order chi connectivity index (χ0) is 29.5. The molecule has 5 aliphatic rings. The average molecular weight is 575 g/mol. The van der Waals surface area contributed by atoms with Crippen LogP contribution in [0.2, 0.25) is 0 Å². The number of fused-ring (bicyclic) bond motifs is 5.